The lowest BCUT2D eigenvalue weighted by Gasteiger charge is -2.61. The Morgan fingerprint density at radius 3 is 2.26 bits per heavy atom. The molecule has 0 spiro atoms. The third-order valence-electron chi connectivity index (χ3n) is 10.9. The zero-order valence-corrected chi connectivity index (χ0v) is 31.5. The van der Waals surface area contributed by atoms with Gasteiger partial charge in [-0.3, -0.25) is 10.2 Å². The first kappa shape index (κ1) is 36.7. The number of benzene rings is 2. The van der Waals surface area contributed by atoms with Crippen LogP contribution in [0.5, 0.6) is 11.5 Å². The van der Waals surface area contributed by atoms with E-state index in [9.17, 15) is 15.3 Å². The Morgan fingerprint density at radius 1 is 1.06 bits per heavy atom. The minimum Gasteiger partial charge on any atom is -0.496 e. The van der Waals surface area contributed by atoms with Crippen LogP contribution in [-0.2, 0) is 14.3 Å². The van der Waals surface area contributed by atoms with E-state index < -0.39 is 11.4 Å². The van der Waals surface area contributed by atoms with Crippen LogP contribution in [0.4, 0.5) is 5.69 Å². The zero-order chi connectivity index (χ0) is 35.8. The molecule has 5 fully saturated rings. The number of ether oxygens (including phenoxy) is 4. The summed E-state index contributed by atoms with van der Waals surface area (Å²) in [5, 5.41) is 25.6. The lowest BCUT2D eigenvalue weighted by atomic mass is 9.47. The molecule has 9 nitrogen and oxygen atoms in total. The highest BCUT2D eigenvalue weighted by atomic mass is 32.2. The van der Waals surface area contributed by atoms with Crippen LogP contribution in [-0.4, -0.2) is 66.8 Å². The van der Waals surface area contributed by atoms with E-state index >= 15 is 0 Å². The minimum atomic E-state index is -0.565. The number of rotatable bonds is 15. The number of nitrogens with one attached hydrogen (secondary N) is 3. The molecule has 4 N–H and O–H groups in total. The number of anilines is 1. The Labute approximate surface area is 301 Å². The summed E-state index contributed by atoms with van der Waals surface area (Å²) >= 11 is 1.71. The highest BCUT2D eigenvalue weighted by molar-refractivity contribution is 7.99. The quantitative estimate of drug-likeness (QED) is 0.0646. The van der Waals surface area contributed by atoms with Crippen LogP contribution in [0.3, 0.4) is 0 Å². The molecule has 50 heavy (non-hydrogen) atoms. The summed E-state index contributed by atoms with van der Waals surface area (Å²) in [5.74, 6) is 3.72. The van der Waals surface area contributed by atoms with Gasteiger partial charge in [0.25, 0.3) is 5.91 Å². The smallest absolute Gasteiger partial charge is 0.269 e. The van der Waals surface area contributed by atoms with Gasteiger partial charge in [0.2, 0.25) is 0 Å². The van der Waals surface area contributed by atoms with E-state index in [-0.39, 0.29) is 36.2 Å². The number of hydrogen-bond donors (Lipinski definition) is 4. The van der Waals surface area contributed by atoms with Crippen LogP contribution >= 0.6 is 11.8 Å². The molecule has 10 heteroatoms. The third-order valence-corrected chi connectivity index (χ3v) is 12.0. The van der Waals surface area contributed by atoms with Gasteiger partial charge in [-0.25, -0.2) is 0 Å². The predicted octanol–water partition coefficient (Wildman–Crippen LogP) is 7.63. The number of amides is 1. The van der Waals surface area contributed by atoms with Crippen molar-refractivity contribution in [3.8, 4) is 11.5 Å². The summed E-state index contributed by atoms with van der Waals surface area (Å²) < 4.78 is 24.2. The highest BCUT2D eigenvalue weighted by Crippen LogP contribution is 2.62. The van der Waals surface area contributed by atoms with Crippen LogP contribution in [0.1, 0.15) is 90.2 Å². The highest BCUT2D eigenvalue weighted by Gasteiger charge is 2.68. The van der Waals surface area contributed by atoms with E-state index in [0.717, 1.165) is 54.0 Å². The third kappa shape index (κ3) is 7.59. The Bertz CT molecular complexity index is 1550. The fourth-order valence-corrected chi connectivity index (χ4v) is 9.85. The van der Waals surface area contributed by atoms with Gasteiger partial charge in [-0.05, 0) is 131 Å². The fourth-order valence-electron chi connectivity index (χ4n) is 8.96. The Morgan fingerprint density at radius 2 is 1.70 bits per heavy atom. The molecule has 1 aliphatic heterocycles. The van der Waals surface area contributed by atoms with Gasteiger partial charge >= 0.3 is 0 Å². The SMILES string of the molecule is COc1cccc(OC)c1/C(=C/C(=N)C(=O)NC1(C2OC2OC(C)(C)C)C2CC3CC(C2)CC1C3)Nc1ccc(SCCCO)cc1C(C)C. The van der Waals surface area contributed by atoms with Crippen molar-refractivity contribution in [2.24, 2.45) is 23.7 Å². The number of hydrogen-bond acceptors (Lipinski definition) is 9. The number of epoxide rings is 1. The molecule has 0 aromatic heterocycles. The first-order valence-corrected chi connectivity index (χ1v) is 19.2. The van der Waals surface area contributed by atoms with Crippen LogP contribution in [0.2, 0.25) is 0 Å². The molecule has 5 aliphatic rings. The molecule has 2 aromatic carbocycles. The maximum absolute atomic E-state index is 14.4. The predicted molar refractivity (Wildman–Crippen MR) is 199 cm³/mol. The Kier molecular flexibility index (Phi) is 10.9. The van der Waals surface area contributed by atoms with Crippen LogP contribution in [0.15, 0.2) is 47.4 Å². The van der Waals surface area contributed by atoms with Crippen molar-refractivity contribution in [1.29, 1.82) is 5.41 Å². The normalized spacial score (nSPS) is 28.5. The van der Waals surface area contributed by atoms with Crippen molar-refractivity contribution in [2.75, 3.05) is 31.9 Å². The monoisotopic (exact) mass is 705 g/mol. The lowest BCUT2D eigenvalue weighted by Crippen LogP contribution is -2.70. The molecular formula is C40H55N3O6S. The van der Waals surface area contributed by atoms with Crippen molar-refractivity contribution in [3.05, 3.63) is 53.6 Å². The molecule has 4 saturated carbocycles. The van der Waals surface area contributed by atoms with E-state index in [1.165, 1.54) is 6.42 Å². The molecular weight excluding hydrogens is 651 g/mol. The van der Waals surface area contributed by atoms with E-state index in [0.29, 0.717) is 46.4 Å². The zero-order valence-electron chi connectivity index (χ0n) is 30.6. The molecule has 7 rings (SSSR count). The summed E-state index contributed by atoms with van der Waals surface area (Å²) in [6.45, 7) is 10.6. The number of carbonyl (C=O) groups excluding carboxylic acids is 1. The van der Waals surface area contributed by atoms with Gasteiger partial charge in [0, 0.05) is 22.9 Å². The second-order valence-electron chi connectivity index (χ2n) is 15.8. The summed E-state index contributed by atoms with van der Waals surface area (Å²) in [7, 11) is 3.21. The second-order valence-corrected chi connectivity index (χ2v) is 17.0. The van der Waals surface area contributed by atoms with E-state index in [2.05, 4.69) is 36.6 Å². The van der Waals surface area contributed by atoms with Crippen molar-refractivity contribution < 1.29 is 28.8 Å². The van der Waals surface area contributed by atoms with Crippen LogP contribution in [0, 0.1) is 29.1 Å². The molecule has 272 valence electrons. The number of aliphatic hydroxyl groups excluding tert-OH is 1. The first-order chi connectivity index (χ1) is 23.9. The number of carbonyl (C=O) groups is 1. The van der Waals surface area contributed by atoms with Crippen molar-refractivity contribution in [1.82, 2.24) is 5.32 Å². The van der Waals surface area contributed by atoms with Crippen LogP contribution in [0.25, 0.3) is 5.70 Å². The molecule has 1 saturated heterocycles. The average molecular weight is 706 g/mol. The Balaban J connectivity index is 1.34. The fraction of sp³-hybridized carbons (Fsp3) is 0.600. The molecule has 2 atom stereocenters. The van der Waals surface area contributed by atoms with E-state index in [1.807, 2.05) is 45.0 Å². The number of aliphatic hydroxyl groups is 1. The van der Waals surface area contributed by atoms with Gasteiger partial charge in [-0.2, -0.15) is 0 Å². The van der Waals surface area contributed by atoms with Gasteiger partial charge in [-0.15, -0.1) is 11.8 Å². The number of methoxy groups -OCH3 is 2. The molecule has 4 aliphatic carbocycles. The molecule has 1 amide bonds. The van der Waals surface area contributed by atoms with E-state index in [1.54, 1.807) is 32.1 Å². The lowest BCUT2D eigenvalue weighted by molar-refractivity contribution is -0.128. The van der Waals surface area contributed by atoms with Gasteiger partial charge < -0.3 is 34.7 Å². The summed E-state index contributed by atoms with van der Waals surface area (Å²) in [6.07, 6.45) is 7.34. The van der Waals surface area contributed by atoms with Gasteiger partial charge in [0.05, 0.1) is 36.6 Å². The maximum Gasteiger partial charge on any atom is 0.269 e. The van der Waals surface area contributed by atoms with Crippen molar-refractivity contribution in [2.45, 2.75) is 107 Å². The minimum absolute atomic E-state index is 0.162. The topological polar surface area (TPSA) is 125 Å². The first-order valence-electron chi connectivity index (χ1n) is 18.2. The second kappa shape index (κ2) is 14.9. The van der Waals surface area contributed by atoms with Gasteiger partial charge in [0.15, 0.2) is 6.29 Å². The van der Waals surface area contributed by atoms with Gasteiger partial charge in [0.1, 0.15) is 23.3 Å². The average Bonchev–Trinajstić information content (AvgIpc) is 3.83. The van der Waals surface area contributed by atoms with Crippen LogP contribution < -0.4 is 20.1 Å². The van der Waals surface area contributed by atoms with E-state index in [4.69, 9.17) is 18.9 Å². The molecule has 1 heterocycles. The molecule has 2 aromatic rings. The molecule has 0 radical (unpaired) electrons. The molecule has 4 bridgehead atoms. The van der Waals surface area contributed by atoms with Crippen molar-refractivity contribution >= 4 is 34.8 Å². The van der Waals surface area contributed by atoms with Crippen molar-refractivity contribution in [3.63, 3.8) is 0 Å². The Hall–Kier alpha value is -3.05. The largest absolute Gasteiger partial charge is 0.496 e. The molecule has 2 unspecified atom stereocenters. The van der Waals surface area contributed by atoms with Gasteiger partial charge in [-0.1, -0.05) is 19.9 Å². The summed E-state index contributed by atoms with van der Waals surface area (Å²) in [6, 6.07) is 11.8. The standard InChI is InChI=1S/C40H55N3O6S/c1-23(2)29-21-28(50-15-9-14-44)12-13-31(29)42-32(35-33(46-6)10-8-11-34(35)47-7)22-30(41)37(45)43-40(36-38(48-36)49-39(3,4)5)26-17-24-16-25(19-26)20-27(40)18-24/h8,10-13,21-27,36,38,41-42,44H,9,14-20H2,1-7H3,(H,43,45)/b32-22-,41-30?. The summed E-state index contributed by atoms with van der Waals surface area (Å²) in [5.41, 5.74) is 2.01. The number of thioether (sulfide) groups is 1. The maximum atomic E-state index is 14.4. The summed E-state index contributed by atoms with van der Waals surface area (Å²) in [4.78, 5) is 15.5.